The second-order valence-corrected chi connectivity index (χ2v) is 25.7. The van der Waals surface area contributed by atoms with Crippen LogP contribution in [0.2, 0.25) is 0 Å². The first kappa shape index (κ1) is 51.0. The van der Waals surface area contributed by atoms with Crippen molar-refractivity contribution in [3.05, 3.63) is 202 Å². The van der Waals surface area contributed by atoms with Gasteiger partial charge in [-0.25, -0.2) is 0 Å². The third-order valence-corrected chi connectivity index (χ3v) is 17.4. The Balaban J connectivity index is 1.23. The molecule has 0 unspecified atom stereocenters. The van der Waals surface area contributed by atoms with Crippen molar-refractivity contribution in [3.8, 4) is 11.1 Å². The molecule has 390 valence electrons. The van der Waals surface area contributed by atoms with Crippen LogP contribution in [0.4, 0.5) is 34.1 Å². The molecule has 8 aromatic carbocycles. The number of fused-ring (bicyclic) bond motifs is 10. The summed E-state index contributed by atoms with van der Waals surface area (Å²) < 4.78 is 8.98. The number of hydrogen-bond donors (Lipinski definition) is 0. The van der Waals surface area contributed by atoms with Crippen LogP contribution in [0.3, 0.4) is 0 Å². The molecule has 0 saturated heterocycles. The van der Waals surface area contributed by atoms with Gasteiger partial charge in [0.2, 0.25) is 0 Å². The van der Waals surface area contributed by atoms with Crippen LogP contribution in [0, 0.1) is 27.7 Å². The smallest absolute Gasteiger partial charge is 0.252 e. The zero-order valence-electron chi connectivity index (χ0n) is 48.9. The van der Waals surface area contributed by atoms with Crippen molar-refractivity contribution in [2.24, 2.45) is 0 Å². The molecule has 2 aliphatic heterocycles. The van der Waals surface area contributed by atoms with Gasteiger partial charge >= 0.3 is 0 Å². The fourth-order valence-electron chi connectivity index (χ4n) is 13.1. The van der Waals surface area contributed by atoms with E-state index in [2.05, 4.69) is 271 Å². The molecule has 0 N–H and O–H groups in total. The summed E-state index contributed by atoms with van der Waals surface area (Å²) in [6, 6.07) is 51.4. The molecular formula is C73H74BN3O. The van der Waals surface area contributed by atoms with Gasteiger partial charge < -0.3 is 18.8 Å². The number of benzene rings is 8. The summed E-state index contributed by atoms with van der Waals surface area (Å²) in [6.45, 7) is 41.2. The van der Waals surface area contributed by atoms with Gasteiger partial charge in [-0.2, -0.15) is 0 Å². The third-order valence-electron chi connectivity index (χ3n) is 17.4. The van der Waals surface area contributed by atoms with Crippen LogP contribution in [0.15, 0.2) is 168 Å². The largest absolute Gasteiger partial charge is 0.456 e. The molecule has 12 rings (SSSR count). The van der Waals surface area contributed by atoms with E-state index >= 15 is 0 Å². The third kappa shape index (κ3) is 7.77. The second-order valence-electron chi connectivity index (χ2n) is 25.7. The average Bonchev–Trinajstić information content (AvgIpc) is 3.16. The molecule has 4 nitrogen and oxygen atoms in total. The summed E-state index contributed by atoms with van der Waals surface area (Å²) in [5.74, 6) is 0. The van der Waals surface area contributed by atoms with E-state index in [4.69, 9.17) is 4.42 Å². The summed E-state index contributed by atoms with van der Waals surface area (Å²) in [4.78, 5) is 5.31. The quantitative estimate of drug-likeness (QED) is 0.123. The molecule has 0 amide bonds. The number of rotatable bonds is 6. The van der Waals surface area contributed by atoms with Gasteiger partial charge in [-0.15, -0.1) is 0 Å². The molecule has 0 atom stereocenters. The van der Waals surface area contributed by atoms with Crippen molar-refractivity contribution < 1.29 is 4.42 Å². The van der Waals surface area contributed by atoms with Crippen LogP contribution >= 0.6 is 0 Å². The molecule has 0 bridgehead atoms. The summed E-state index contributed by atoms with van der Waals surface area (Å²) in [5, 5.41) is 4.81. The van der Waals surface area contributed by atoms with E-state index in [9.17, 15) is 0 Å². The highest BCUT2D eigenvalue weighted by atomic mass is 16.3. The van der Waals surface area contributed by atoms with Gasteiger partial charge in [-0.05, 0) is 203 Å². The van der Waals surface area contributed by atoms with E-state index in [1.807, 2.05) is 6.08 Å². The number of anilines is 6. The van der Waals surface area contributed by atoms with Gasteiger partial charge in [0.25, 0.3) is 6.71 Å². The van der Waals surface area contributed by atoms with E-state index in [-0.39, 0.29) is 23.0 Å². The highest BCUT2D eigenvalue weighted by molar-refractivity contribution is 7.00. The van der Waals surface area contributed by atoms with Gasteiger partial charge in [0.05, 0.1) is 28.1 Å². The molecule has 2 aromatic heterocycles. The molecule has 4 heterocycles. The monoisotopic (exact) mass is 1020 g/mol. The van der Waals surface area contributed by atoms with Crippen LogP contribution in [0.5, 0.6) is 0 Å². The lowest BCUT2D eigenvalue weighted by atomic mass is 9.33. The van der Waals surface area contributed by atoms with E-state index in [1.165, 1.54) is 134 Å². The Kier molecular flexibility index (Phi) is 11.7. The predicted octanol–water partition coefficient (Wildman–Crippen LogP) is 19.0. The Morgan fingerprint density at radius 3 is 1.72 bits per heavy atom. The van der Waals surface area contributed by atoms with Crippen LogP contribution in [0.25, 0.3) is 60.6 Å². The molecule has 78 heavy (non-hydrogen) atoms. The molecule has 0 saturated carbocycles. The zero-order chi connectivity index (χ0) is 55.2. The van der Waals surface area contributed by atoms with Gasteiger partial charge in [0.1, 0.15) is 11.2 Å². The van der Waals surface area contributed by atoms with Crippen molar-refractivity contribution in [1.82, 2.24) is 4.57 Å². The minimum atomic E-state index is -0.178. The van der Waals surface area contributed by atoms with Crippen molar-refractivity contribution in [3.63, 3.8) is 0 Å². The topological polar surface area (TPSA) is 24.6 Å². The predicted molar refractivity (Wildman–Crippen MR) is 340 cm³/mol. The number of aryl methyl sites for hydroxylation is 4. The van der Waals surface area contributed by atoms with Gasteiger partial charge in [0, 0.05) is 44.3 Å². The van der Waals surface area contributed by atoms with Gasteiger partial charge in [-0.3, -0.25) is 0 Å². The minimum Gasteiger partial charge on any atom is -0.456 e. The number of aromatic nitrogens is 1. The molecular weight excluding hydrogens is 946 g/mol. The lowest BCUT2D eigenvalue weighted by molar-refractivity contribution is 0.590. The molecule has 0 fully saturated rings. The van der Waals surface area contributed by atoms with Gasteiger partial charge in [0.15, 0.2) is 0 Å². The van der Waals surface area contributed by atoms with Gasteiger partial charge in [-0.1, -0.05) is 154 Å². The lowest BCUT2D eigenvalue weighted by Gasteiger charge is -2.46. The van der Waals surface area contributed by atoms with Crippen LogP contribution in [0.1, 0.15) is 122 Å². The SMILES string of the molecule is C=C/C(C)=C(\C(C)=C/C)n1c2ccc(C(C)(C)C)cc2c2cc3c(cc21)N(c1c(C)cccc1C)c1cc(C(C)(C)C)cc2c1B3c1cc(C(C)(C)C)ccc1N2c1c(C)cc(-c2cccc3oc4ccccc4c23)cc1C. The average molecular weight is 1020 g/mol. The highest BCUT2D eigenvalue weighted by Gasteiger charge is 2.46. The maximum atomic E-state index is 6.44. The van der Waals surface area contributed by atoms with E-state index in [1.54, 1.807) is 0 Å². The fourth-order valence-corrected chi connectivity index (χ4v) is 13.1. The maximum absolute atomic E-state index is 6.44. The molecule has 0 spiro atoms. The van der Waals surface area contributed by atoms with Crippen molar-refractivity contribution in [2.45, 2.75) is 127 Å². The molecule has 0 radical (unpaired) electrons. The van der Waals surface area contributed by atoms with Crippen molar-refractivity contribution >= 4 is 107 Å². The summed E-state index contributed by atoms with van der Waals surface area (Å²) in [5.41, 5.74) is 29.9. The first-order chi connectivity index (χ1) is 37.0. The molecule has 2 aliphatic rings. The minimum absolute atomic E-state index is 0.0475. The highest BCUT2D eigenvalue weighted by Crippen LogP contribution is 2.51. The summed E-state index contributed by atoms with van der Waals surface area (Å²) in [7, 11) is 0. The Hall–Kier alpha value is -7.76. The normalized spacial score (nSPS) is 14.2. The number of furan rings is 1. The summed E-state index contributed by atoms with van der Waals surface area (Å²) >= 11 is 0. The summed E-state index contributed by atoms with van der Waals surface area (Å²) in [6.07, 6.45) is 4.26. The van der Waals surface area contributed by atoms with Crippen LogP contribution < -0.4 is 26.2 Å². The standard InChI is InChI=1S/C73H74BN3O/c1-18-42(3)68(43(4)19-2)75-58-32-30-49(71(9,10)11)36-54(58)55-40-57-61(41-60(55)75)77(69-44(5)24-22-25-45(69)6)63-39-51(73(15,16)17)38-62-67(63)74(57)56-37-50(72(12,13)14)31-33-59(56)76(62)70-46(7)34-48(35-47(70)8)52-27-23-29-65-66(52)53-26-20-21-28-64(53)78-65/h18-41H,1H2,2-17H3/b43-19-,68-42+. The maximum Gasteiger partial charge on any atom is 0.252 e. The van der Waals surface area contributed by atoms with E-state index < -0.39 is 0 Å². The number of allylic oxidation sites excluding steroid dienone is 5. The molecule has 5 heteroatoms. The number of nitrogens with zero attached hydrogens (tertiary/aromatic N) is 3. The Morgan fingerprint density at radius 1 is 0.513 bits per heavy atom. The Morgan fingerprint density at radius 2 is 1.08 bits per heavy atom. The fraction of sp³-hybridized carbons (Fsp3) is 0.260. The first-order valence-corrected chi connectivity index (χ1v) is 28.1. The molecule has 10 aromatic rings. The Labute approximate surface area is 463 Å². The first-order valence-electron chi connectivity index (χ1n) is 28.1. The van der Waals surface area contributed by atoms with Crippen molar-refractivity contribution in [1.29, 1.82) is 0 Å². The Bertz CT molecular complexity index is 4220. The number of hydrogen-bond acceptors (Lipinski definition) is 3. The number of para-hydroxylation sites is 2. The molecule has 0 aliphatic carbocycles. The van der Waals surface area contributed by atoms with Crippen LogP contribution in [-0.4, -0.2) is 11.3 Å². The second kappa shape index (κ2) is 17.9. The van der Waals surface area contributed by atoms with Crippen molar-refractivity contribution in [2.75, 3.05) is 9.80 Å². The van der Waals surface area contributed by atoms with Crippen LogP contribution in [-0.2, 0) is 16.2 Å². The zero-order valence-corrected chi connectivity index (χ0v) is 48.9. The van der Waals surface area contributed by atoms with E-state index in [0.29, 0.717) is 0 Å². The lowest BCUT2D eigenvalue weighted by Crippen LogP contribution is -2.61. The van der Waals surface area contributed by atoms with E-state index in [0.717, 1.165) is 27.5 Å².